The molecule has 0 saturated carbocycles. The molecule has 1 amide bonds. The van der Waals surface area contributed by atoms with E-state index in [9.17, 15) is 4.79 Å². The van der Waals surface area contributed by atoms with Gasteiger partial charge in [-0.3, -0.25) is 9.78 Å². The van der Waals surface area contributed by atoms with Crippen LogP contribution in [0.15, 0.2) is 47.2 Å². The molecule has 0 fully saturated rings. The molecule has 2 N–H and O–H groups in total. The van der Waals surface area contributed by atoms with Crippen molar-refractivity contribution < 1.29 is 4.79 Å². The number of rotatable bonds is 2. The average molecular weight is 370 g/mol. The van der Waals surface area contributed by atoms with Crippen LogP contribution in [0, 0.1) is 0 Å². The van der Waals surface area contributed by atoms with Crippen LogP contribution in [0.4, 0.5) is 0 Å². The largest absolute Gasteiger partial charge is 0.356 e. The smallest absolute Gasteiger partial charge is 0.251 e. The Bertz CT molecular complexity index is 873. The fourth-order valence-electron chi connectivity index (χ4n) is 3.32. The van der Waals surface area contributed by atoms with Crippen molar-refractivity contribution in [2.75, 3.05) is 0 Å². The predicted molar refractivity (Wildman–Crippen MR) is 93.4 cm³/mol. The van der Waals surface area contributed by atoms with Gasteiger partial charge in [-0.1, -0.05) is 15.9 Å². The van der Waals surface area contributed by atoms with Crippen molar-refractivity contribution in [3.8, 4) is 0 Å². The normalized spacial score (nSPS) is 17.0. The van der Waals surface area contributed by atoms with Crippen molar-refractivity contribution in [3.05, 3.63) is 64.0 Å². The molecule has 1 aliphatic carbocycles. The molecule has 0 spiro atoms. The lowest BCUT2D eigenvalue weighted by Crippen LogP contribution is -2.31. The minimum Gasteiger partial charge on any atom is -0.356 e. The zero-order valence-electron chi connectivity index (χ0n) is 12.5. The Morgan fingerprint density at radius 3 is 2.91 bits per heavy atom. The van der Waals surface area contributed by atoms with Crippen molar-refractivity contribution in [1.82, 2.24) is 15.3 Å². The maximum Gasteiger partial charge on any atom is 0.251 e. The third-order valence-electron chi connectivity index (χ3n) is 4.42. The third kappa shape index (κ3) is 2.65. The number of H-pyrrole nitrogens is 1. The summed E-state index contributed by atoms with van der Waals surface area (Å²) < 4.78 is 1.08. The first-order valence-corrected chi connectivity index (χ1v) is 8.52. The summed E-state index contributed by atoms with van der Waals surface area (Å²) >= 11 is 3.54. The first-order chi connectivity index (χ1) is 11.2. The molecule has 2 aromatic heterocycles. The minimum atomic E-state index is -0.0508. The maximum absolute atomic E-state index is 12.4. The predicted octanol–water partition coefficient (Wildman–Crippen LogP) is 4.13. The molecule has 1 unspecified atom stereocenters. The van der Waals surface area contributed by atoms with Gasteiger partial charge in [-0.15, -0.1) is 0 Å². The topological polar surface area (TPSA) is 57.8 Å². The Kier molecular flexibility index (Phi) is 3.65. The Morgan fingerprint density at radius 2 is 2.09 bits per heavy atom. The highest BCUT2D eigenvalue weighted by Gasteiger charge is 2.25. The van der Waals surface area contributed by atoms with Crippen LogP contribution >= 0.6 is 15.9 Å². The van der Waals surface area contributed by atoms with Gasteiger partial charge >= 0.3 is 0 Å². The molecule has 23 heavy (non-hydrogen) atoms. The summed E-state index contributed by atoms with van der Waals surface area (Å²) in [6, 6.07) is 9.78. The number of halogens is 1. The lowest BCUT2D eigenvalue weighted by Gasteiger charge is -2.23. The van der Waals surface area contributed by atoms with Gasteiger partial charge in [0.2, 0.25) is 0 Å². The van der Waals surface area contributed by atoms with Crippen LogP contribution in [0.3, 0.4) is 0 Å². The maximum atomic E-state index is 12.4. The Hall–Kier alpha value is -2.14. The first-order valence-electron chi connectivity index (χ1n) is 7.73. The van der Waals surface area contributed by atoms with Gasteiger partial charge < -0.3 is 10.3 Å². The lowest BCUT2D eigenvalue weighted by atomic mass is 9.91. The highest BCUT2D eigenvalue weighted by atomic mass is 79.9. The molecule has 0 bridgehead atoms. The Balaban J connectivity index is 1.68. The summed E-state index contributed by atoms with van der Waals surface area (Å²) in [5.41, 5.74) is 4.24. The van der Waals surface area contributed by atoms with Crippen LogP contribution in [0.1, 0.15) is 40.5 Å². The molecule has 0 radical (unpaired) electrons. The number of aromatic amines is 1. The molecule has 3 aromatic rings. The molecule has 5 heteroatoms. The van der Waals surface area contributed by atoms with Crippen LogP contribution in [0.5, 0.6) is 0 Å². The minimum absolute atomic E-state index is 0.0330. The number of carbonyl (C=O) groups excluding carboxylic acids is 1. The van der Waals surface area contributed by atoms with Gasteiger partial charge in [0.25, 0.3) is 5.91 Å². The van der Waals surface area contributed by atoms with E-state index in [1.165, 1.54) is 10.9 Å². The molecule has 116 valence electrons. The Morgan fingerprint density at radius 1 is 1.26 bits per heavy atom. The lowest BCUT2D eigenvalue weighted by molar-refractivity contribution is 0.0932. The van der Waals surface area contributed by atoms with E-state index in [1.54, 1.807) is 24.5 Å². The van der Waals surface area contributed by atoms with Crippen molar-refractivity contribution in [3.63, 3.8) is 0 Å². The summed E-state index contributed by atoms with van der Waals surface area (Å²) in [4.78, 5) is 19.9. The van der Waals surface area contributed by atoms with E-state index >= 15 is 0 Å². The number of amides is 1. The van der Waals surface area contributed by atoms with Crippen molar-refractivity contribution in [1.29, 1.82) is 0 Å². The number of pyridine rings is 1. The molecular weight excluding hydrogens is 354 g/mol. The van der Waals surface area contributed by atoms with E-state index in [-0.39, 0.29) is 11.9 Å². The second-order valence-corrected chi connectivity index (χ2v) is 6.78. The van der Waals surface area contributed by atoms with Gasteiger partial charge in [-0.25, -0.2) is 0 Å². The van der Waals surface area contributed by atoms with E-state index in [4.69, 9.17) is 0 Å². The molecule has 0 saturated heterocycles. The van der Waals surface area contributed by atoms with Crippen LogP contribution in [-0.2, 0) is 6.42 Å². The van der Waals surface area contributed by atoms with Crippen molar-refractivity contribution in [2.45, 2.75) is 25.3 Å². The van der Waals surface area contributed by atoms with Crippen LogP contribution in [-0.4, -0.2) is 15.9 Å². The number of nitrogens with zero attached hydrogens (tertiary/aromatic N) is 1. The summed E-state index contributed by atoms with van der Waals surface area (Å²) in [6.07, 6.45) is 6.36. The van der Waals surface area contributed by atoms with Crippen molar-refractivity contribution in [2.24, 2.45) is 0 Å². The zero-order chi connectivity index (χ0) is 15.8. The summed E-state index contributed by atoms with van der Waals surface area (Å²) in [5, 5.41) is 4.40. The standard InChI is InChI=1S/C18H16BrN3O/c19-12-4-5-15-14(10-12)13-2-1-3-16(17(13)21-15)22-18(23)11-6-8-20-9-7-11/h4-10,16,21H,1-3H2,(H,22,23). The average Bonchev–Trinajstić information content (AvgIpc) is 2.95. The van der Waals surface area contributed by atoms with Gasteiger partial charge in [0.15, 0.2) is 0 Å². The molecule has 0 aliphatic heterocycles. The molecule has 1 atom stereocenters. The van der Waals surface area contributed by atoms with Gasteiger partial charge in [0.1, 0.15) is 0 Å². The van der Waals surface area contributed by atoms with Crippen LogP contribution in [0.25, 0.3) is 10.9 Å². The fourth-order valence-corrected chi connectivity index (χ4v) is 3.69. The third-order valence-corrected chi connectivity index (χ3v) is 4.91. The number of benzene rings is 1. The van der Waals surface area contributed by atoms with Crippen molar-refractivity contribution >= 4 is 32.7 Å². The monoisotopic (exact) mass is 369 g/mol. The number of nitrogens with one attached hydrogen (secondary N) is 2. The summed E-state index contributed by atoms with van der Waals surface area (Å²) in [5.74, 6) is -0.0508. The van der Waals surface area contributed by atoms with Gasteiger partial charge in [0, 0.05) is 39.0 Å². The highest BCUT2D eigenvalue weighted by molar-refractivity contribution is 9.10. The quantitative estimate of drug-likeness (QED) is 0.713. The van der Waals surface area contributed by atoms with Gasteiger partial charge in [0.05, 0.1) is 6.04 Å². The number of aromatic nitrogens is 2. The number of hydrogen-bond donors (Lipinski definition) is 2. The molecule has 1 aliphatic rings. The van der Waals surface area contributed by atoms with Crippen LogP contribution in [0.2, 0.25) is 0 Å². The summed E-state index contributed by atoms with van der Waals surface area (Å²) in [6.45, 7) is 0. The van der Waals surface area contributed by atoms with E-state index in [2.05, 4.69) is 43.3 Å². The molecule has 2 heterocycles. The first kappa shape index (κ1) is 14.5. The van der Waals surface area contributed by atoms with E-state index in [1.807, 2.05) is 6.07 Å². The second kappa shape index (κ2) is 5.81. The molecule has 1 aromatic carbocycles. The highest BCUT2D eigenvalue weighted by Crippen LogP contribution is 2.35. The van der Waals surface area contributed by atoms with Gasteiger partial charge in [-0.05, 0) is 55.2 Å². The van der Waals surface area contributed by atoms with E-state index in [0.29, 0.717) is 5.56 Å². The number of fused-ring (bicyclic) bond motifs is 3. The van der Waals surface area contributed by atoms with Crippen LogP contribution < -0.4 is 5.32 Å². The number of aryl methyl sites for hydroxylation is 1. The molecule has 4 nitrogen and oxygen atoms in total. The zero-order valence-corrected chi connectivity index (χ0v) is 14.1. The Labute approximate surface area is 142 Å². The number of carbonyl (C=O) groups is 1. The summed E-state index contributed by atoms with van der Waals surface area (Å²) in [7, 11) is 0. The molecular formula is C18H16BrN3O. The second-order valence-electron chi connectivity index (χ2n) is 5.86. The van der Waals surface area contributed by atoms with E-state index < -0.39 is 0 Å². The van der Waals surface area contributed by atoms with E-state index in [0.717, 1.165) is 34.9 Å². The molecule has 4 rings (SSSR count). The fraction of sp³-hybridized carbons (Fsp3) is 0.222. The van der Waals surface area contributed by atoms with Gasteiger partial charge in [-0.2, -0.15) is 0 Å². The number of hydrogen-bond acceptors (Lipinski definition) is 2. The SMILES string of the molecule is O=C(NC1CCCc2c1[nH]c1ccc(Br)cc21)c1ccncc1.